The fourth-order valence-corrected chi connectivity index (χ4v) is 3.03. The second-order valence-electron chi connectivity index (χ2n) is 5.17. The first-order valence-electron chi connectivity index (χ1n) is 6.53. The predicted molar refractivity (Wildman–Crippen MR) is 65.9 cm³/mol. The molecule has 1 aromatic rings. The van der Waals surface area contributed by atoms with Gasteiger partial charge in [-0.15, -0.1) is 0 Å². The van der Waals surface area contributed by atoms with Gasteiger partial charge >= 0.3 is 0 Å². The van der Waals surface area contributed by atoms with Gasteiger partial charge in [-0.1, -0.05) is 24.3 Å². The molecule has 0 N–H and O–H groups in total. The van der Waals surface area contributed by atoms with Crippen LogP contribution < -0.4 is 0 Å². The molecule has 2 unspecified atom stereocenters. The lowest BCUT2D eigenvalue weighted by molar-refractivity contribution is -0.127. The molecule has 2 heteroatoms. The van der Waals surface area contributed by atoms with Gasteiger partial charge in [-0.3, -0.25) is 4.79 Å². The van der Waals surface area contributed by atoms with Crippen LogP contribution in [0.25, 0.3) is 0 Å². The number of ketones is 1. The second kappa shape index (κ2) is 4.61. The Morgan fingerprint density at radius 1 is 1.12 bits per heavy atom. The normalized spacial score (nSPS) is 27.8. The van der Waals surface area contributed by atoms with Crippen LogP contribution >= 0.6 is 0 Å². The molecule has 0 bridgehead atoms. The molecule has 3 rings (SSSR count). The van der Waals surface area contributed by atoms with E-state index in [1.165, 1.54) is 11.1 Å². The van der Waals surface area contributed by atoms with Crippen LogP contribution in [0.2, 0.25) is 0 Å². The van der Waals surface area contributed by atoms with Crippen molar-refractivity contribution in [1.82, 2.24) is 0 Å². The SMILES string of the molecule is O=C(C1CCOC1)C1CCc2ccccc2C1. The molecule has 1 aliphatic heterocycles. The molecule has 0 amide bonds. The molecule has 1 saturated heterocycles. The maximum Gasteiger partial charge on any atom is 0.141 e. The summed E-state index contributed by atoms with van der Waals surface area (Å²) in [7, 11) is 0. The van der Waals surface area contributed by atoms with Crippen molar-refractivity contribution in [3.63, 3.8) is 0 Å². The van der Waals surface area contributed by atoms with Crippen molar-refractivity contribution in [1.29, 1.82) is 0 Å². The Hall–Kier alpha value is -1.15. The second-order valence-corrected chi connectivity index (χ2v) is 5.17. The summed E-state index contributed by atoms with van der Waals surface area (Å²) in [6.07, 6.45) is 3.94. The number of hydrogen-bond acceptors (Lipinski definition) is 2. The lowest BCUT2D eigenvalue weighted by Gasteiger charge is -2.25. The molecule has 90 valence electrons. The van der Waals surface area contributed by atoms with E-state index in [-0.39, 0.29) is 11.8 Å². The first-order valence-corrected chi connectivity index (χ1v) is 6.53. The van der Waals surface area contributed by atoms with E-state index >= 15 is 0 Å². The Morgan fingerprint density at radius 3 is 2.71 bits per heavy atom. The summed E-state index contributed by atoms with van der Waals surface area (Å²) in [4.78, 5) is 12.3. The van der Waals surface area contributed by atoms with Crippen molar-refractivity contribution in [3.05, 3.63) is 35.4 Å². The van der Waals surface area contributed by atoms with Gasteiger partial charge in [0.15, 0.2) is 0 Å². The number of carbonyl (C=O) groups is 1. The van der Waals surface area contributed by atoms with E-state index in [0.29, 0.717) is 12.4 Å². The van der Waals surface area contributed by atoms with Crippen LogP contribution in [0.1, 0.15) is 24.0 Å². The molecule has 1 aliphatic carbocycles. The van der Waals surface area contributed by atoms with Gasteiger partial charge in [0.05, 0.1) is 6.61 Å². The van der Waals surface area contributed by atoms with E-state index in [9.17, 15) is 4.79 Å². The summed E-state index contributed by atoms with van der Waals surface area (Å²) in [6, 6.07) is 8.52. The monoisotopic (exact) mass is 230 g/mol. The summed E-state index contributed by atoms with van der Waals surface area (Å²) in [5, 5.41) is 0. The van der Waals surface area contributed by atoms with E-state index in [1.54, 1.807) is 0 Å². The van der Waals surface area contributed by atoms with Gasteiger partial charge < -0.3 is 4.74 Å². The van der Waals surface area contributed by atoms with Gasteiger partial charge in [-0.25, -0.2) is 0 Å². The number of ether oxygens (including phenoxy) is 1. The van der Waals surface area contributed by atoms with Crippen LogP contribution in [0.3, 0.4) is 0 Å². The van der Waals surface area contributed by atoms with Gasteiger partial charge in [-0.05, 0) is 36.8 Å². The first kappa shape index (κ1) is 11.0. The topological polar surface area (TPSA) is 26.3 Å². The van der Waals surface area contributed by atoms with Crippen LogP contribution in [0, 0.1) is 11.8 Å². The largest absolute Gasteiger partial charge is 0.381 e. The third kappa shape index (κ3) is 2.14. The van der Waals surface area contributed by atoms with E-state index in [2.05, 4.69) is 24.3 Å². The Bertz CT molecular complexity index is 419. The highest BCUT2D eigenvalue weighted by molar-refractivity contribution is 5.84. The van der Waals surface area contributed by atoms with E-state index < -0.39 is 0 Å². The molecule has 17 heavy (non-hydrogen) atoms. The number of rotatable bonds is 2. The van der Waals surface area contributed by atoms with Crippen molar-refractivity contribution in [3.8, 4) is 0 Å². The van der Waals surface area contributed by atoms with E-state index in [0.717, 1.165) is 32.3 Å². The lowest BCUT2D eigenvalue weighted by Crippen LogP contribution is -2.28. The lowest BCUT2D eigenvalue weighted by atomic mass is 9.78. The fraction of sp³-hybridized carbons (Fsp3) is 0.533. The molecular formula is C15H18O2. The van der Waals surface area contributed by atoms with Crippen molar-refractivity contribution in [2.75, 3.05) is 13.2 Å². The number of fused-ring (bicyclic) bond motifs is 1. The number of carbonyl (C=O) groups excluding carboxylic acids is 1. The highest BCUT2D eigenvalue weighted by atomic mass is 16.5. The Balaban J connectivity index is 1.73. The molecule has 0 radical (unpaired) electrons. The third-order valence-corrected chi connectivity index (χ3v) is 4.08. The van der Waals surface area contributed by atoms with Crippen molar-refractivity contribution in [2.45, 2.75) is 25.7 Å². The first-order chi connectivity index (χ1) is 8.34. The summed E-state index contributed by atoms with van der Waals surface area (Å²) < 4.78 is 5.32. The zero-order valence-corrected chi connectivity index (χ0v) is 10.0. The fourth-order valence-electron chi connectivity index (χ4n) is 3.03. The average Bonchev–Trinajstić information content (AvgIpc) is 2.91. The summed E-state index contributed by atoms with van der Waals surface area (Å²) >= 11 is 0. The quantitative estimate of drug-likeness (QED) is 0.780. The third-order valence-electron chi connectivity index (χ3n) is 4.08. The van der Waals surface area contributed by atoms with Gasteiger partial charge in [0.2, 0.25) is 0 Å². The highest BCUT2D eigenvalue weighted by Crippen LogP contribution is 2.29. The number of Topliss-reactive ketones (excluding diaryl/α,β-unsaturated/α-hetero) is 1. The molecule has 2 atom stereocenters. The molecule has 0 saturated carbocycles. The summed E-state index contributed by atoms with van der Waals surface area (Å²) in [6.45, 7) is 1.41. The van der Waals surface area contributed by atoms with Gasteiger partial charge in [0.25, 0.3) is 0 Å². The Morgan fingerprint density at radius 2 is 1.94 bits per heavy atom. The molecule has 1 heterocycles. The molecule has 2 nitrogen and oxygen atoms in total. The number of hydrogen-bond donors (Lipinski definition) is 0. The molecule has 0 aromatic heterocycles. The summed E-state index contributed by atoms with van der Waals surface area (Å²) in [5.74, 6) is 0.846. The zero-order chi connectivity index (χ0) is 11.7. The van der Waals surface area contributed by atoms with Crippen LogP contribution in [0.4, 0.5) is 0 Å². The minimum atomic E-state index is 0.172. The summed E-state index contributed by atoms with van der Waals surface area (Å²) in [5.41, 5.74) is 2.80. The van der Waals surface area contributed by atoms with Crippen LogP contribution in [0.15, 0.2) is 24.3 Å². The van der Waals surface area contributed by atoms with Gasteiger partial charge in [0.1, 0.15) is 5.78 Å². The smallest absolute Gasteiger partial charge is 0.141 e. The molecule has 2 aliphatic rings. The molecule has 1 fully saturated rings. The van der Waals surface area contributed by atoms with Crippen LogP contribution in [-0.4, -0.2) is 19.0 Å². The van der Waals surface area contributed by atoms with E-state index in [4.69, 9.17) is 4.74 Å². The van der Waals surface area contributed by atoms with Gasteiger partial charge in [-0.2, -0.15) is 0 Å². The maximum absolute atomic E-state index is 12.3. The van der Waals surface area contributed by atoms with Crippen LogP contribution in [0.5, 0.6) is 0 Å². The maximum atomic E-state index is 12.3. The van der Waals surface area contributed by atoms with Crippen molar-refractivity contribution in [2.24, 2.45) is 11.8 Å². The highest BCUT2D eigenvalue weighted by Gasteiger charge is 2.31. The Labute approximate surface area is 102 Å². The number of aryl methyl sites for hydroxylation is 1. The van der Waals surface area contributed by atoms with Crippen molar-refractivity contribution >= 4 is 5.78 Å². The predicted octanol–water partition coefficient (Wildman–Crippen LogP) is 2.40. The van der Waals surface area contributed by atoms with Crippen LogP contribution in [-0.2, 0) is 22.4 Å². The van der Waals surface area contributed by atoms with Crippen molar-refractivity contribution < 1.29 is 9.53 Å². The standard InChI is InChI=1S/C15H18O2/c16-15(14-7-8-17-10-14)13-6-5-11-3-1-2-4-12(11)9-13/h1-4,13-14H,5-10H2. The minimum absolute atomic E-state index is 0.172. The molecule has 1 aromatic carbocycles. The number of benzene rings is 1. The average molecular weight is 230 g/mol. The van der Waals surface area contributed by atoms with Gasteiger partial charge in [0, 0.05) is 18.4 Å². The molecule has 0 spiro atoms. The zero-order valence-electron chi connectivity index (χ0n) is 10.0. The molecular weight excluding hydrogens is 212 g/mol. The Kier molecular flexibility index (Phi) is 2.98. The van der Waals surface area contributed by atoms with E-state index in [1.807, 2.05) is 0 Å². The minimum Gasteiger partial charge on any atom is -0.381 e.